The number of nitrogen functional groups attached to an aromatic ring is 1. The molecule has 100 valence electrons. The van der Waals surface area contributed by atoms with Crippen molar-refractivity contribution in [2.24, 2.45) is 0 Å². The zero-order valence-corrected chi connectivity index (χ0v) is 11.0. The molecule has 1 saturated heterocycles. The van der Waals surface area contributed by atoms with Crippen molar-refractivity contribution in [3.63, 3.8) is 0 Å². The maximum atomic E-state index is 12.1. The second-order valence-corrected chi connectivity index (χ2v) is 5.86. The first kappa shape index (κ1) is 13.1. The highest BCUT2D eigenvalue weighted by Gasteiger charge is 2.24. The van der Waals surface area contributed by atoms with Gasteiger partial charge in [0.05, 0.1) is 18.9 Å². The number of hydrogen-bond donors (Lipinski definition) is 2. The molecular weight excluding hydrogens is 254 g/mol. The number of ether oxygens (including phenoxy) is 1. The van der Waals surface area contributed by atoms with Gasteiger partial charge in [0.2, 0.25) is 0 Å². The van der Waals surface area contributed by atoms with Crippen molar-refractivity contribution in [3.8, 4) is 0 Å². The van der Waals surface area contributed by atoms with Gasteiger partial charge < -0.3 is 10.5 Å². The summed E-state index contributed by atoms with van der Waals surface area (Å²) in [7, 11) is -3.52. The van der Waals surface area contributed by atoms with Crippen molar-refractivity contribution in [1.29, 1.82) is 0 Å². The van der Waals surface area contributed by atoms with E-state index in [-0.39, 0.29) is 0 Å². The zero-order valence-electron chi connectivity index (χ0n) is 10.2. The van der Waals surface area contributed by atoms with Gasteiger partial charge >= 0.3 is 10.2 Å². The van der Waals surface area contributed by atoms with Gasteiger partial charge in [0.1, 0.15) is 0 Å². The van der Waals surface area contributed by atoms with Crippen LogP contribution in [0.5, 0.6) is 0 Å². The number of hydrogen-bond acceptors (Lipinski definition) is 4. The number of morpholine rings is 1. The molecule has 18 heavy (non-hydrogen) atoms. The van der Waals surface area contributed by atoms with Crippen molar-refractivity contribution in [1.82, 2.24) is 4.31 Å². The summed E-state index contributed by atoms with van der Waals surface area (Å²) in [5.41, 5.74) is 7.71. The maximum absolute atomic E-state index is 12.1. The van der Waals surface area contributed by atoms with E-state index in [1.54, 1.807) is 18.2 Å². The highest BCUT2D eigenvalue weighted by Crippen LogP contribution is 2.19. The van der Waals surface area contributed by atoms with Gasteiger partial charge in [-0.15, -0.1) is 0 Å². The van der Waals surface area contributed by atoms with E-state index in [1.165, 1.54) is 4.31 Å². The molecule has 0 aliphatic carbocycles. The average molecular weight is 271 g/mol. The van der Waals surface area contributed by atoms with E-state index in [4.69, 9.17) is 10.5 Å². The molecule has 0 aromatic heterocycles. The molecule has 0 unspecified atom stereocenters. The smallest absolute Gasteiger partial charge is 0.301 e. The Morgan fingerprint density at radius 2 is 2.00 bits per heavy atom. The largest absolute Gasteiger partial charge is 0.398 e. The molecule has 1 fully saturated rings. The van der Waals surface area contributed by atoms with Gasteiger partial charge in [0.15, 0.2) is 0 Å². The lowest BCUT2D eigenvalue weighted by Gasteiger charge is -2.26. The van der Waals surface area contributed by atoms with Crippen LogP contribution in [0.2, 0.25) is 0 Å². The molecule has 6 nitrogen and oxygen atoms in total. The molecule has 2 rings (SSSR count). The molecule has 0 amide bonds. The first-order valence-electron chi connectivity index (χ1n) is 5.71. The predicted molar refractivity (Wildman–Crippen MR) is 70.5 cm³/mol. The molecule has 1 aliphatic rings. The van der Waals surface area contributed by atoms with Crippen LogP contribution < -0.4 is 10.5 Å². The Labute approximate surface area is 107 Å². The van der Waals surface area contributed by atoms with E-state index >= 15 is 0 Å². The molecule has 0 atom stereocenters. The Hall–Kier alpha value is -1.31. The fourth-order valence-electron chi connectivity index (χ4n) is 1.70. The van der Waals surface area contributed by atoms with Crippen LogP contribution in [-0.4, -0.2) is 39.0 Å². The second kappa shape index (κ2) is 5.13. The van der Waals surface area contributed by atoms with Crippen molar-refractivity contribution >= 4 is 21.6 Å². The number of anilines is 2. The normalized spacial score (nSPS) is 17.6. The summed E-state index contributed by atoms with van der Waals surface area (Å²) >= 11 is 0. The summed E-state index contributed by atoms with van der Waals surface area (Å²) in [6.07, 6.45) is 0. The molecule has 1 aromatic rings. The van der Waals surface area contributed by atoms with Crippen LogP contribution in [0.4, 0.5) is 11.4 Å². The predicted octanol–water partition coefficient (Wildman–Crippen LogP) is 0.566. The number of benzene rings is 1. The monoisotopic (exact) mass is 271 g/mol. The number of rotatable bonds is 3. The molecule has 3 N–H and O–H groups in total. The van der Waals surface area contributed by atoms with Crippen molar-refractivity contribution < 1.29 is 13.2 Å². The minimum Gasteiger partial charge on any atom is -0.398 e. The van der Waals surface area contributed by atoms with E-state index < -0.39 is 10.2 Å². The molecule has 0 saturated carbocycles. The first-order chi connectivity index (χ1) is 8.49. The van der Waals surface area contributed by atoms with Gasteiger partial charge in [-0.3, -0.25) is 4.72 Å². The summed E-state index contributed by atoms with van der Waals surface area (Å²) in [5, 5.41) is 0. The fourth-order valence-corrected chi connectivity index (χ4v) is 2.89. The van der Waals surface area contributed by atoms with E-state index in [9.17, 15) is 8.42 Å². The maximum Gasteiger partial charge on any atom is 0.301 e. The van der Waals surface area contributed by atoms with E-state index in [0.29, 0.717) is 37.7 Å². The Bertz CT molecular complexity index is 524. The third-order valence-corrected chi connectivity index (χ3v) is 4.37. The SMILES string of the molecule is Cc1ccc(NS(=O)(=O)N2CCOCC2)cc1N. The topological polar surface area (TPSA) is 84.7 Å². The quantitative estimate of drug-likeness (QED) is 0.787. The molecule has 0 spiro atoms. The number of nitrogens with one attached hydrogen (secondary N) is 1. The molecule has 0 radical (unpaired) electrons. The average Bonchev–Trinajstić information content (AvgIpc) is 2.35. The molecule has 0 bridgehead atoms. The van der Waals surface area contributed by atoms with Gasteiger partial charge in [-0.1, -0.05) is 6.07 Å². The summed E-state index contributed by atoms with van der Waals surface area (Å²) in [6, 6.07) is 5.10. The lowest BCUT2D eigenvalue weighted by atomic mass is 10.2. The standard InChI is InChI=1S/C11H17N3O3S/c1-9-2-3-10(8-11(9)12)13-18(15,16)14-4-6-17-7-5-14/h2-3,8,13H,4-7,12H2,1H3. The van der Waals surface area contributed by atoms with Crippen molar-refractivity contribution in [2.45, 2.75) is 6.92 Å². The van der Waals surface area contributed by atoms with Crippen LogP contribution in [0.15, 0.2) is 18.2 Å². The first-order valence-corrected chi connectivity index (χ1v) is 7.15. The van der Waals surface area contributed by atoms with E-state index in [1.807, 2.05) is 6.92 Å². The lowest BCUT2D eigenvalue weighted by molar-refractivity contribution is 0.0733. The molecular formula is C11H17N3O3S. The van der Waals surface area contributed by atoms with Crippen molar-refractivity contribution in [2.75, 3.05) is 36.8 Å². The summed E-state index contributed by atoms with van der Waals surface area (Å²) in [5.74, 6) is 0. The Morgan fingerprint density at radius 1 is 1.33 bits per heavy atom. The number of aryl methyl sites for hydroxylation is 1. The van der Waals surface area contributed by atoms with Crippen LogP contribution in [0.25, 0.3) is 0 Å². The fraction of sp³-hybridized carbons (Fsp3) is 0.455. The summed E-state index contributed by atoms with van der Waals surface area (Å²) in [6.45, 7) is 3.47. The third kappa shape index (κ3) is 2.92. The Balaban J connectivity index is 2.13. The van der Waals surface area contributed by atoms with Gasteiger partial charge in [0.25, 0.3) is 0 Å². The second-order valence-electron chi connectivity index (χ2n) is 4.19. The van der Waals surface area contributed by atoms with Crippen LogP contribution in [-0.2, 0) is 14.9 Å². The molecule has 1 aliphatic heterocycles. The van der Waals surface area contributed by atoms with Crippen LogP contribution in [0.1, 0.15) is 5.56 Å². The molecule has 1 heterocycles. The van der Waals surface area contributed by atoms with Crippen LogP contribution in [0, 0.1) is 6.92 Å². The molecule has 7 heteroatoms. The minimum absolute atomic E-state index is 0.372. The summed E-state index contributed by atoms with van der Waals surface area (Å²) < 4.78 is 33.2. The van der Waals surface area contributed by atoms with E-state index in [2.05, 4.69) is 4.72 Å². The van der Waals surface area contributed by atoms with E-state index in [0.717, 1.165) is 5.56 Å². The Morgan fingerprint density at radius 3 is 2.61 bits per heavy atom. The zero-order chi connectivity index (χ0) is 13.2. The summed E-state index contributed by atoms with van der Waals surface area (Å²) in [4.78, 5) is 0. The highest BCUT2D eigenvalue weighted by atomic mass is 32.2. The van der Waals surface area contributed by atoms with Crippen LogP contribution in [0.3, 0.4) is 0 Å². The van der Waals surface area contributed by atoms with Gasteiger partial charge in [-0.2, -0.15) is 12.7 Å². The van der Waals surface area contributed by atoms with Gasteiger partial charge in [-0.25, -0.2) is 0 Å². The number of nitrogens with zero attached hydrogens (tertiary/aromatic N) is 1. The van der Waals surface area contributed by atoms with Gasteiger partial charge in [0, 0.05) is 18.8 Å². The van der Waals surface area contributed by atoms with Crippen molar-refractivity contribution in [3.05, 3.63) is 23.8 Å². The van der Waals surface area contributed by atoms with Crippen LogP contribution >= 0.6 is 0 Å². The highest BCUT2D eigenvalue weighted by molar-refractivity contribution is 7.90. The number of nitrogens with two attached hydrogens (primary N) is 1. The molecule has 1 aromatic carbocycles. The van der Waals surface area contributed by atoms with Gasteiger partial charge in [-0.05, 0) is 24.6 Å². The minimum atomic E-state index is -3.52. The Kier molecular flexibility index (Phi) is 3.74. The third-order valence-electron chi connectivity index (χ3n) is 2.84. The lowest BCUT2D eigenvalue weighted by Crippen LogP contribution is -2.43.